The van der Waals surface area contributed by atoms with Gasteiger partial charge in [-0.3, -0.25) is 19.2 Å². The van der Waals surface area contributed by atoms with Crippen molar-refractivity contribution < 1.29 is 57.1 Å². The van der Waals surface area contributed by atoms with Gasteiger partial charge in [-0.05, 0) is 23.3 Å². The minimum absolute atomic E-state index is 0.0311. The summed E-state index contributed by atoms with van der Waals surface area (Å²) in [6.45, 7) is 5.26. The Hall–Kier alpha value is -5.74. The molecule has 0 unspecified atom stereocenters. The maximum Gasteiger partial charge on any atom is 0.232 e. The number of fused-ring (bicyclic) bond motifs is 4. The van der Waals surface area contributed by atoms with Crippen molar-refractivity contribution in [2.45, 2.75) is 20.6 Å². The quantitative estimate of drug-likeness (QED) is 0.0295. The van der Waals surface area contributed by atoms with Gasteiger partial charge in [-0.15, -0.1) is 0 Å². The van der Waals surface area contributed by atoms with E-state index in [1.807, 2.05) is 0 Å². The fourth-order valence-corrected chi connectivity index (χ4v) is 11.0. The Morgan fingerprint density at radius 2 is 0.615 bits per heavy atom. The van der Waals surface area contributed by atoms with E-state index in [9.17, 15) is 9.59 Å². The number of carbonyl (C=O) groups is 4. The molecule has 8 rings (SSSR count). The van der Waals surface area contributed by atoms with Gasteiger partial charge >= 0.3 is 0 Å². The van der Waals surface area contributed by atoms with Gasteiger partial charge in [0.25, 0.3) is 0 Å². The average molecular weight is 1140 g/mol. The van der Waals surface area contributed by atoms with E-state index in [0.717, 1.165) is 0 Å². The number of ether oxygens (including phenoxy) is 8. The Morgan fingerprint density at radius 3 is 0.897 bits per heavy atom. The van der Waals surface area contributed by atoms with Crippen LogP contribution < -0.4 is 10.6 Å². The molecule has 410 valence electrons. The molecule has 24 heteroatoms. The third-order valence-electron chi connectivity index (χ3n) is 11.7. The molecule has 0 radical (unpaired) electrons. The van der Waals surface area contributed by atoms with Crippen LogP contribution in [-0.4, -0.2) is 184 Å². The van der Waals surface area contributed by atoms with E-state index in [1.54, 1.807) is 101 Å². The zero-order valence-electron chi connectivity index (χ0n) is 43.5. The fourth-order valence-electron chi connectivity index (χ4n) is 8.13. The van der Waals surface area contributed by atoms with E-state index in [-0.39, 0.29) is 78.9 Å². The highest BCUT2D eigenvalue weighted by Crippen LogP contribution is 2.44. The third kappa shape index (κ3) is 14.9. The van der Waals surface area contributed by atoms with Crippen molar-refractivity contribution in [3.8, 4) is 11.1 Å². The largest absolute Gasteiger partial charge is 0.382 e. The lowest BCUT2D eigenvalue weighted by molar-refractivity contribution is 0.0789. The molecule has 2 aliphatic carbocycles. The van der Waals surface area contributed by atoms with E-state index in [1.165, 1.54) is 47.0 Å². The van der Waals surface area contributed by atoms with Crippen molar-refractivity contribution >= 4 is 93.5 Å². The lowest BCUT2D eigenvalue weighted by Crippen LogP contribution is -2.25. The molecule has 78 heavy (non-hydrogen) atoms. The molecule has 6 aromatic rings. The number of ketones is 4. The third-order valence-corrected chi connectivity index (χ3v) is 14.9. The van der Waals surface area contributed by atoms with Crippen molar-refractivity contribution in [2.24, 2.45) is 0 Å². The van der Waals surface area contributed by atoms with E-state index < -0.39 is 23.1 Å². The molecular weight excluding hydrogens is 1080 g/mol. The zero-order chi connectivity index (χ0) is 54.6. The Balaban J connectivity index is 1.19. The lowest BCUT2D eigenvalue weighted by Gasteiger charge is -2.26. The molecule has 2 aromatic heterocycles. The van der Waals surface area contributed by atoms with Crippen LogP contribution in [0.25, 0.3) is 11.1 Å². The Labute approximate surface area is 468 Å². The summed E-state index contributed by atoms with van der Waals surface area (Å²) in [4.78, 5) is 88.3. The van der Waals surface area contributed by atoms with Crippen LogP contribution in [0.5, 0.6) is 0 Å². The van der Waals surface area contributed by atoms with Crippen molar-refractivity contribution in [3.63, 3.8) is 0 Å². The number of nitrogens with zero attached hydrogens (tertiary/aromatic N) is 6. The highest BCUT2D eigenvalue weighted by Gasteiger charge is 2.39. The molecule has 0 aliphatic heterocycles. The van der Waals surface area contributed by atoms with Crippen molar-refractivity contribution in [1.29, 1.82) is 0 Å². The summed E-state index contributed by atoms with van der Waals surface area (Å²) in [5.74, 6) is 0.586. The second-order valence-corrected chi connectivity index (χ2v) is 21.0. The maximum absolute atomic E-state index is 15.1. The van der Waals surface area contributed by atoms with Crippen LogP contribution in [-0.2, 0) is 37.9 Å². The normalized spacial score (nSPS) is 12.6. The van der Waals surface area contributed by atoms with Crippen LogP contribution in [0.2, 0.25) is 0 Å². The Kier molecular flexibility index (Phi) is 22.5. The van der Waals surface area contributed by atoms with Crippen LogP contribution in [0.1, 0.15) is 63.7 Å². The maximum atomic E-state index is 15.1. The molecule has 2 aliphatic rings. The molecule has 0 bridgehead atoms. The molecule has 0 atom stereocenters. The first kappa shape index (κ1) is 58.4. The number of aromatic nitrogens is 6. The van der Waals surface area contributed by atoms with Crippen LogP contribution in [0, 0.1) is 0 Å². The summed E-state index contributed by atoms with van der Waals surface area (Å²) < 4.78 is 43.1. The first-order chi connectivity index (χ1) is 38.2. The van der Waals surface area contributed by atoms with Gasteiger partial charge in [0.1, 0.15) is 0 Å². The zero-order valence-corrected chi connectivity index (χ0v) is 46.7. The number of anilines is 4. The second-order valence-electron chi connectivity index (χ2n) is 16.7. The number of rotatable bonds is 33. The number of carbonyl (C=O) groups excluding carboxylic acids is 4. The van der Waals surface area contributed by atoms with Gasteiger partial charge in [-0.1, -0.05) is 108 Å². The van der Waals surface area contributed by atoms with Crippen LogP contribution in [0.15, 0.2) is 93.4 Å². The molecule has 0 amide bonds. The minimum Gasteiger partial charge on any atom is -0.382 e. The average Bonchev–Trinajstić information content (AvgIpc) is 3.31. The first-order valence-corrected chi connectivity index (χ1v) is 28.7. The van der Waals surface area contributed by atoms with Gasteiger partial charge in [0.15, 0.2) is 43.8 Å². The Bertz CT molecular complexity index is 2810. The van der Waals surface area contributed by atoms with E-state index in [4.69, 9.17) is 57.8 Å². The van der Waals surface area contributed by atoms with Gasteiger partial charge < -0.3 is 48.5 Å². The number of hydrogen-bond donors (Lipinski definition) is 2. The van der Waals surface area contributed by atoms with Crippen LogP contribution in [0.4, 0.5) is 23.3 Å². The van der Waals surface area contributed by atoms with Crippen molar-refractivity contribution in [1.82, 2.24) is 29.9 Å². The SMILES string of the molecule is COCCOCCSc1nc(Nc2ccc(-c3ccc(Nc4nc(SCCOCCOC)nc(SCCOCCOC)n4)c4c3C(=O)c3ccccc3C4=O)c3c2C(=O)c2ccccc2C3=O)nc(SCCOCCOC)n1. The van der Waals surface area contributed by atoms with Gasteiger partial charge in [0.2, 0.25) is 11.9 Å². The smallest absolute Gasteiger partial charge is 0.232 e. The van der Waals surface area contributed by atoms with Gasteiger partial charge in [-0.25, -0.2) is 0 Å². The lowest BCUT2D eigenvalue weighted by atomic mass is 9.75. The second kappa shape index (κ2) is 30.0. The number of nitrogens with one attached hydrogen (secondary N) is 2. The minimum atomic E-state index is -0.455. The number of benzene rings is 4. The van der Waals surface area contributed by atoms with Crippen molar-refractivity contribution in [2.75, 3.05) is 141 Å². The molecule has 0 fully saturated rings. The van der Waals surface area contributed by atoms with E-state index in [0.29, 0.717) is 123 Å². The van der Waals surface area contributed by atoms with E-state index in [2.05, 4.69) is 20.6 Å². The van der Waals surface area contributed by atoms with Crippen LogP contribution in [0.3, 0.4) is 0 Å². The predicted molar refractivity (Wildman–Crippen MR) is 298 cm³/mol. The highest BCUT2D eigenvalue weighted by atomic mass is 32.2. The van der Waals surface area contributed by atoms with Crippen LogP contribution >= 0.6 is 47.0 Å². The summed E-state index contributed by atoms with van der Waals surface area (Å²) in [7, 11) is 6.44. The molecule has 0 spiro atoms. The highest BCUT2D eigenvalue weighted by molar-refractivity contribution is 8.00. The standard InChI is InChI=1S/C54H58N8O12S4/c1-67-17-21-71-25-29-75-51-57-49(58-52(61-51)76-30-26-72-22-18-68-2)55-39-15-13-33(41-43(39)47(65)37-11-7-5-9-35(37)45(41)63)34-14-16-40(44-42(34)46(64)36-10-6-8-12-38(36)48(44)66)56-50-59-53(77-31-27-73-23-19-69-3)62-54(60-50)78-32-28-74-24-20-70-4/h5-16H,17-32H2,1-4H3,(H,55,57,58,61)(H,56,59,60,62). The van der Waals surface area contributed by atoms with Crippen molar-refractivity contribution in [3.05, 3.63) is 117 Å². The first-order valence-electron chi connectivity index (χ1n) is 24.8. The molecule has 2 heterocycles. The molecule has 0 saturated heterocycles. The van der Waals surface area contributed by atoms with Gasteiger partial charge in [-0.2, -0.15) is 29.9 Å². The molecule has 0 saturated carbocycles. The van der Waals surface area contributed by atoms with Gasteiger partial charge in [0, 0.05) is 84.8 Å². The summed E-state index contributed by atoms with van der Waals surface area (Å²) >= 11 is 5.47. The molecule has 2 N–H and O–H groups in total. The summed E-state index contributed by atoms with van der Waals surface area (Å²) in [6.07, 6.45) is 0. The topological polar surface area (TPSA) is 244 Å². The summed E-state index contributed by atoms with van der Waals surface area (Å²) in [5, 5.41) is 8.14. The number of hydrogen-bond acceptors (Lipinski definition) is 24. The monoisotopic (exact) mass is 1140 g/mol. The molecule has 20 nitrogen and oxygen atoms in total. The molecular formula is C54H58N8O12S4. The summed E-state index contributed by atoms with van der Waals surface area (Å²) in [6, 6.07) is 19.8. The molecule has 4 aromatic carbocycles. The number of thioether (sulfide) groups is 4. The Morgan fingerprint density at radius 1 is 0.333 bits per heavy atom. The number of methoxy groups -OCH3 is 4. The predicted octanol–water partition coefficient (Wildman–Crippen LogP) is 7.78. The van der Waals surface area contributed by atoms with Gasteiger partial charge in [0.05, 0.1) is 102 Å². The fraction of sp³-hybridized carbons (Fsp3) is 0.370. The van der Waals surface area contributed by atoms with E-state index >= 15 is 9.59 Å². The summed E-state index contributed by atoms with van der Waals surface area (Å²) in [5.41, 5.74) is 1.92.